The van der Waals surface area contributed by atoms with Crippen molar-refractivity contribution in [2.24, 2.45) is 0 Å². The van der Waals surface area contributed by atoms with Gasteiger partial charge in [-0.25, -0.2) is 4.98 Å². The number of para-hydroxylation sites is 1. The molecular weight excluding hydrogens is 302 g/mol. The van der Waals surface area contributed by atoms with E-state index < -0.39 is 0 Å². The molecule has 1 atom stereocenters. The Kier molecular flexibility index (Phi) is 4.69. The highest BCUT2D eigenvalue weighted by molar-refractivity contribution is 5.93. The predicted molar refractivity (Wildman–Crippen MR) is 94.6 cm³/mol. The third kappa shape index (κ3) is 3.07. The van der Waals surface area contributed by atoms with Crippen LogP contribution < -0.4 is 9.64 Å². The van der Waals surface area contributed by atoms with Crippen molar-refractivity contribution in [1.29, 1.82) is 0 Å². The lowest BCUT2D eigenvalue weighted by atomic mass is 10.0. The van der Waals surface area contributed by atoms with Gasteiger partial charge in [0.1, 0.15) is 11.6 Å². The van der Waals surface area contributed by atoms with Crippen LogP contribution in [0.2, 0.25) is 0 Å². The molecule has 2 aromatic rings. The minimum atomic E-state index is -0.0308. The molecule has 0 N–H and O–H groups in total. The molecule has 1 aromatic carbocycles. The standard InChI is InChI=1S/C19H23N3O2/c1-21(2)19(23)14-10-11-18(20-13-14)22-12-6-8-16(22)15-7-4-5-9-17(15)24-3/h4-5,7,9-11,13,16H,6,8,12H2,1-3H3/t16-/m0/s1. The lowest BCUT2D eigenvalue weighted by Crippen LogP contribution is -2.25. The molecule has 1 saturated heterocycles. The van der Waals surface area contributed by atoms with Crippen LogP contribution in [0.5, 0.6) is 5.75 Å². The largest absolute Gasteiger partial charge is 0.496 e. The fraction of sp³-hybridized carbons (Fsp3) is 0.368. The minimum Gasteiger partial charge on any atom is -0.496 e. The number of carbonyl (C=O) groups is 1. The van der Waals surface area contributed by atoms with E-state index in [0.717, 1.165) is 31.0 Å². The zero-order valence-corrected chi connectivity index (χ0v) is 14.4. The number of aromatic nitrogens is 1. The first kappa shape index (κ1) is 16.3. The summed E-state index contributed by atoms with van der Waals surface area (Å²) in [5.41, 5.74) is 1.80. The van der Waals surface area contributed by atoms with E-state index in [0.29, 0.717) is 5.56 Å². The van der Waals surface area contributed by atoms with E-state index in [4.69, 9.17) is 4.74 Å². The molecule has 0 bridgehead atoms. The normalized spacial score (nSPS) is 17.0. The maximum Gasteiger partial charge on any atom is 0.254 e. The molecule has 3 rings (SSSR count). The maximum absolute atomic E-state index is 12.0. The van der Waals surface area contributed by atoms with Crippen molar-refractivity contribution >= 4 is 11.7 Å². The van der Waals surface area contributed by atoms with Crippen molar-refractivity contribution < 1.29 is 9.53 Å². The van der Waals surface area contributed by atoms with Gasteiger partial charge in [0.25, 0.3) is 5.91 Å². The number of nitrogens with zero attached hydrogens (tertiary/aromatic N) is 3. The number of methoxy groups -OCH3 is 1. The van der Waals surface area contributed by atoms with E-state index in [1.165, 1.54) is 5.56 Å². The van der Waals surface area contributed by atoms with E-state index in [2.05, 4.69) is 16.0 Å². The average molecular weight is 325 g/mol. The van der Waals surface area contributed by atoms with Gasteiger partial charge < -0.3 is 14.5 Å². The van der Waals surface area contributed by atoms with Gasteiger partial charge in [0, 0.05) is 32.4 Å². The molecular formula is C19H23N3O2. The first-order chi connectivity index (χ1) is 11.6. The third-order valence-electron chi connectivity index (χ3n) is 4.45. The van der Waals surface area contributed by atoms with Gasteiger partial charge in [-0.1, -0.05) is 18.2 Å². The molecule has 126 valence electrons. The summed E-state index contributed by atoms with van der Waals surface area (Å²) in [5.74, 6) is 1.78. The van der Waals surface area contributed by atoms with Gasteiger partial charge in [0.2, 0.25) is 0 Å². The monoisotopic (exact) mass is 325 g/mol. The lowest BCUT2D eigenvalue weighted by Gasteiger charge is -2.27. The predicted octanol–water partition coefficient (Wildman–Crippen LogP) is 3.13. The number of anilines is 1. The van der Waals surface area contributed by atoms with Gasteiger partial charge in [0.05, 0.1) is 18.7 Å². The summed E-state index contributed by atoms with van der Waals surface area (Å²) >= 11 is 0. The maximum atomic E-state index is 12.0. The van der Waals surface area contributed by atoms with Crippen LogP contribution in [-0.2, 0) is 0 Å². The number of hydrogen-bond donors (Lipinski definition) is 0. The smallest absolute Gasteiger partial charge is 0.254 e. The van der Waals surface area contributed by atoms with E-state index in [-0.39, 0.29) is 11.9 Å². The Morgan fingerprint density at radius 2 is 2.04 bits per heavy atom. The fourth-order valence-electron chi connectivity index (χ4n) is 3.25. The van der Waals surface area contributed by atoms with Crippen LogP contribution in [0.1, 0.15) is 34.8 Å². The van der Waals surface area contributed by atoms with Crippen molar-refractivity contribution in [1.82, 2.24) is 9.88 Å². The Balaban J connectivity index is 1.87. The first-order valence-corrected chi connectivity index (χ1v) is 8.19. The molecule has 0 saturated carbocycles. The van der Waals surface area contributed by atoms with Gasteiger partial charge in [-0.3, -0.25) is 4.79 Å². The zero-order valence-electron chi connectivity index (χ0n) is 14.4. The molecule has 0 radical (unpaired) electrons. The highest BCUT2D eigenvalue weighted by Gasteiger charge is 2.29. The first-order valence-electron chi connectivity index (χ1n) is 8.19. The van der Waals surface area contributed by atoms with Gasteiger partial charge >= 0.3 is 0 Å². The number of carbonyl (C=O) groups excluding carboxylic acids is 1. The summed E-state index contributed by atoms with van der Waals surface area (Å²) in [4.78, 5) is 20.4. The van der Waals surface area contributed by atoms with Crippen LogP contribution in [0.4, 0.5) is 5.82 Å². The fourth-order valence-corrected chi connectivity index (χ4v) is 3.25. The zero-order chi connectivity index (χ0) is 17.1. The Morgan fingerprint density at radius 1 is 1.25 bits per heavy atom. The number of pyridine rings is 1. The molecule has 1 aliphatic rings. The summed E-state index contributed by atoms with van der Waals surface area (Å²) in [5, 5.41) is 0. The molecule has 24 heavy (non-hydrogen) atoms. The Morgan fingerprint density at radius 3 is 2.71 bits per heavy atom. The van der Waals surface area contributed by atoms with Gasteiger partial charge in [-0.15, -0.1) is 0 Å². The Bertz CT molecular complexity index is 713. The number of benzene rings is 1. The summed E-state index contributed by atoms with van der Waals surface area (Å²) in [6, 6.07) is 12.2. The molecule has 1 aliphatic heterocycles. The summed E-state index contributed by atoms with van der Waals surface area (Å²) in [6.45, 7) is 0.955. The van der Waals surface area contributed by atoms with Crippen LogP contribution in [0, 0.1) is 0 Å². The second-order valence-corrected chi connectivity index (χ2v) is 6.20. The van der Waals surface area contributed by atoms with Crippen LogP contribution in [0.3, 0.4) is 0 Å². The topological polar surface area (TPSA) is 45.7 Å². The summed E-state index contributed by atoms with van der Waals surface area (Å²) in [7, 11) is 5.20. The van der Waals surface area contributed by atoms with Crippen molar-refractivity contribution in [3.8, 4) is 5.75 Å². The number of rotatable bonds is 4. The van der Waals surface area contributed by atoms with E-state index >= 15 is 0 Å². The third-order valence-corrected chi connectivity index (χ3v) is 4.45. The quantitative estimate of drug-likeness (QED) is 0.866. The summed E-state index contributed by atoms with van der Waals surface area (Å²) < 4.78 is 5.52. The number of ether oxygens (including phenoxy) is 1. The van der Waals surface area contributed by atoms with Gasteiger partial charge in [0.15, 0.2) is 0 Å². The molecule has 0 unspecified atom stereocenters. The molecule has 1 amide bonds. The van der Waals surface area contributed by atoms with E-state index in [1.54, 1.807) is 32.3 Å². The van der Waals surface area contributed by atoms with E-state index in [9.17, 15) is 4.79 Å². The van der Waals surface area contributed by atoms with Gasteiger partial charge in [-0.05, 0) is 31.0 Å². The summed E-state index contributed by atoms with van der Waals surface area (Å²) in [6.07, 6.45) is 3.85. The molecule has 1 fully saturated rings. The van der Waals surface area contributed by atoms with Crippen molar-refractivity contribution in [2.75, 3.05) is 32.6 Å². The van der Waals surface area contributed by atoms with Gasteiger partial charge in [-0.2, -0.15) is 0 Å². The molecule has 5 heteroatoms. The van der Waals surface area contributed by atoms with Crippen LogP contribution in [-0.4, -0.2) is 43.5 Å². The van der Waals surface area contributed by atoms with Crippen molar-refractivity contribution in [3.05, 3.63) is 53.7 Å². The highest BCUT2D eigenvalue weighted by atomic mass is 16.5. The second-order valence-electron chi connectivity index (χ2n) is 6.20. The number of hydrogen-bond acceptors (Lipinski definition) is 4. The lowest BCUT2D eigenvalue weighted by molar-refractivity contribution is 0.0827. The highest BCUT2D eigenvalue weighted by Crippen LogP contribution is 2.39. The van der Waals surface area contributed by atoms with Crippen molar-refractivity contribution in [3.63, 3.8) is 0 Å². The molecule has 5 nitrogen and oxygen atoms in total. The molecule has 0 aliphatic carbocycles. The molecule has 0 spiro atoms. The Hall–Kier alpha value is -2.56. The van der Waals surface area contributed by atoms with Crippen LogP contribution >= 0.6 is 0 Å². The SMILES string of the molecule is COc1ccccc1[C@@H]1CCCN1c1ccc(C(=O)N(C)C)cn1. The van der Waals surface area contributed by atoms with E-state index in [1.807, 2.05) is 30.3 Å². The minimum absolute atomic E-state index is 0.0308. The van der Waals surface area contributed by atoms with Crippen LogP contribution in [0.25, 0.3) is 0 Å². The Labute approximate surface area is 142 Å². The van der Waals surface area contributed by atoms with Crippen LogP contribution in [0.15, 0.2) is 42.6 Å². The average Bonchev–Trinajstić information content (AvgIpc) is 3.10. The number of amides is 1. The molecule has 2 heterocycles. The second kappa shape index (κ2) is 6.91. The van der Waals surface area contributed by atoms with Crippen molar-refractivity contribution in [2.45, 2.75) is 18.9 Å². The molecule has 1 aromatic heterocycles.